The van der Waals surface area contributed by atoms with Crippen LogP contribution in [-0.4, -0.2) is 64.8 Å². The maximum atomic E-state index is 13.0. The molecule has 31 heavy (non-hydrogen) atoms. The smallest absolute Gasteiger partial charge is 0.270 e. The van der Waals surface area contributed by atoms with Crippen molar-refractivity contribution in [3.63, 3.8) is 0 Å². The number of amides is 1. The second-order valence-corrected chi connectivity index (χ2v) is 8.20. The van der Waals surface area contributed by atoms with E-state index in [0.29, 0.717) is 37.6 Å². The molecule has 1 aliphatic rings. The van der Waals surface area contributed by atoms with Crippen molar-refractivity contribution in [3.8, 4) is 0 Å². The third-order valence-electron chi connectivity index (χ3n) is 5.21. The Morgan fingerprint density at radius 1 is 1.26 bits per heavy atom. The maximum Gasteiger partial charge on any atom is 0.270 e. The van der Waals surface area contributed by atoms with E-state index in [1.807, 2.05) is 29.2 Å². The fourth-order valence-corrected chi connectivity index (χ4v) is 4.10. The molecule has 1 atom stereocenters. The van der Waals surface area contributed by atoms with E-state index in [1.54, 1.807) is 18.3 Å². The van der Waals surface area contributed by atoms with Gasteiger partial charge in [0.25, 0.3) is 5.91 Å². The third-order valence-corrected chi connectivity index (χ3v) is 5.91. The average molecular weight is 443 g/mol. The van der Waals surface area contributed by atoms with E-state index in [1.165, 1.54) is 7.11 Å². The van der Waals surface area contributed by atoms with Crippen molar-refractivity contribution in [1.29, 1.82) is 0 Å². The van der Waals surface area contributed by atoms with Crippen molar-refractivity contribution in [1.82, 2.24) is 14.9 Å². The highest BCUT2D eigenvalue weighted by molar-refractivity contribution is 7.69. The minimum Gasteiger partial charge on any atom is -0.382 e. The molecule has 10 heteroatoms. The molecule has 0 spiro atoms. The zero-order valence-electron chi connectivity index (χ0n) is 17.5. The molecular formula is C21H26N6O3S. The molecule has 4 rings (SSSR count). The molecule has 9 nitrogen and oxygen atoms in total. The molecule has 2 N–H and O–H groups in total. The molecular weight excluding hydrogens is 416 g/mol. The fourth-order valence-electron chi connectivity index (χ4n) is 3.70. The number of hydrogen-bond donors (Lipinski definition) is 3. The number of anilines is 2. The lowest BCUT2D eigenvalue weighted by Crippen LogP contribution is -2.49. The molecule has 1 saturated heterocycles. The van der Waals surface area contributed by atoms with E-state index in [-0.39, 0.29) is 5.91 Å². The normalized spacial score (nSPS) is 15.4. The molecule has 1 amide bonds. The van der Waals surface area contributed by atoms with Gasteiger partial charge in [-0.25, -0.2) is 9.19 Å². The Morgan fingerprint density at radius 2 is 2.06 bits per heavy atom. The lowest BCUT2D eigenvalue weighted by molar-refractivity contribution is 0.0741. The van der Waals surface area contributed by atoms with Crippen LogP contribution < -0.4 is 10.2 Å². The van der Waals surface area contributed by atoms with Gasteiger partial charge >= 0.3 is 0 Å². The summed E-state index contributed by atoms with van der Waals surface area (Å²) in [7, 11) is -0.729. The molecule has 0 bridgehead atoms. The van der Waals surface area contributed by atoms with Crippen molar-refractivity contribution in [2.45, 2.75) is 6.92 Å². The standard InChI is InChI=1S/C21H26N6O3S/c1-3-22-18-5-4-8-23-20(18)26-9-11-27(12-10-26)21(28)19-14-15-13-16(25-31(29)30-2)6-7-17(15)24-19/h4-8,13-14,22,24,31H,3,9-12H2,1-2H3. The summed E-state index contributed by atoms with van der Waals surface area (Å²) in [4.78, 5) is 24.8. The van der Waals surface area contributed by atoms with Crippen LogP contribution >= 0.6 is 0 Å². The highest BCUT2D eigenvalue weighted by Gasteiger charge is 2.25. The summed E-state index contributed by atoms with van der Waals surface area (Å²) in [6, 6.07) is 11.1. The quantitative estimate of drug-likeness (QED) is 0.508. The lowest BCUT2D eigenvalue weighted by Gasteiger charge is -2.36. The number of thiol groups is 1. The van der Waals surface area contributed by atoms with Crippen molar-refractivity contribution in [3.05, 3.63) is 48.3 Å². The van der Waals surface area contributed by atoms with E-state index >= 15 is 0 Å². The van der Waals surface area contributed by atoms with Crippen LogP contribution in [0.2, 0.25) is 0 Å². The average Bonchev–Trinajstić information content (AvgIpc) is 3.23. The number of pyridine rings is 1. The fraction of sp³-hybridized carbons (Fsp3) is 0.333. The molecule has 164 valence electrons. The number of nitrogens with one attached hydrogen (secondary N) is 2. The number of carbonyl (C=O) groups is 1. The van der Waals surface area contributed by atoms with E-state index in [2.05, 4.69) is 31.5 Å². The van der Waals surface area contributed by atoms with Crippen molar-refractivity contribution < 1.29 is 13.2 Å². The summed E-state index contributed by atoms with van der Waals surface area (Å²) >= 11 is 0. The molecule has 1 fully saturated rings. The number of aromatic nitrogens is 2. The van der Waals surface area contributed by atoms with Gasteiger partial charge in [-0.15, -0.1) is 0 Å². The third kappa shape index (κ3) is 4.64. The lowest BCUT2D eigenvalue weighted by atomic mass is 10.2. The Labute approximate surface area is 182 Å². The van der Waals surface area contributed by atoms with Gasteiger partial charge in [-0.05, 0) is 43.3 Å². The first-order valence-electron chi connectivity index (χ1n) is 10.2. The molecule has 3 heterocycles. The van der Waals surface area contributed by atoms with E-state index in [0.717, 1.165) is 29.0 Å². The first-order chi connectivity index (χ1) is 15.1. The van der Waals surface area contributed by atoms with Crippen LogP contribution in [0.4, 0.5) is 17.2 Å². The number of benzene rings is 1. The van der Waals surface area contributed by atoms with Gasteiger partial charge in [-0.1, -0.05) is 0 Å². The van der Waals surface area contributed by atoms with Gasteiger partial charge in [-0.2, -0.15) is 4.36 Å². The zero-order valence-corrected chi connectivity index (χ0v) is 18.4. The maximum absolute atomic E-state index is 13.0. The summed E-state index contributed by atoms with van der Waals surface area (Å²) in [6.07, 6.45) is 1.79. The predicted molar refractivity (Wildman–Crippen MR) is 123 cm³/mol. The number of aromatic amines is 1. The first kappa shape index (κ1) is 21.1. The highest BCUT2D eigenvalue weighted by Crippen LogP contribution is 2.25. The number of piperazine rings is 1. The zero-order chi connectivity index (χ0) is 21.8. The van der Waals surface area contributed by atoms with Crippen molar-refractivity contribution in [2.24, 2.45) is 4.36 Å². The number of carbonyl (C=O) groups excluding carboxylic acids is 1. The van der Waals surface area contributed by atoms with Gasteiger partial charge in [-0.3, -0.25) is 8.98 Å². The summed E-state index contributed by atoms with van der Waals surface area (Å²) in [5.41, 5.74) is 2.92. The Hall–Kier alpha value is -3.11. The van der Waals surface area contributed by atoms with Crippen LogP contribution in [0.25, 0.3) is 10.9 Å². The molecule has 0 saturated carbocycles. The topological polar surface area (TPSA) is 103 Å². The largest absolute Gasteiger partial charge is 0.382 e. The Kier molecular flexibility index (Phi) is 6.38. The minimum absolute atomic E-state index is 0.0368. The molecule has 0 aliphatic carbocycles. The molecule has 0 radical (unpaired) electrons. The molecule has 3 aromatic rings. The van der Waals surface area contributed by atoms with Gasteiger partial charge in [0.1, 0.15) is 5.69 Å². The molecule has 1 aromatic carbocycles. The number of hydrogen-bond acceptors (Lipinski definition) is 7. The van der Waals surface area contributed by atoms with Gasteiger partial charge < -0.3 is 20.1 Å². The van der Waals surface area contributed by atoms with Gasteiger partial charge in [0.2, 0.25) is 0 Å². The monoisotopic (exact) mass is 442 g/mol. The van der Waals surface area contributed by atoms with Crippen molar-refractivity contribution in [2.75, 3.05) is 50.1 Å². The van der Waals surface area contributed by atoms with E-state index in [9.17, 15) is 9.00 Å². The number of H-pyrrole nitrogens is 1. The Balaban J connectivity index is 1.46. The summed E-state index contributed by atoms with van der Waals surface area (Å²) in [5.74, 6) is 0.887. The summed E-state index contributed by atoms with van der Waals surface area (Å²) in [6.45, 7) is 5.55. The van der Waals surface area contributed by atoms with Crippen LogP contribution in [0.3, 0.4) is 0 Å². The predicted octanol–water partition coefficient (Wildman–Crippen LogP) is 2.81. The minimum atomic E-state index is -2.08. The Morgan fingerprint density at radius 3 is 2.81 bits per heavy atom. The van der Waals surface area contributed by atoms with Crippen LogP contribution in [-0.2, 0) is 15.1 Å². The van der Waals surface area contributed by atoms with Crippen molar-refractivity contribution >= 4 is 44.9 Å². The highest BCUT2D eigenvalue weighted by atomic mass is 32.2. The van der Waals surface area contributed by atoms with Crippen LogP contribution in [0.5, 0.6) is 0 Å². The number of nitrogens with zero attached hydrogens (tertiary/aromatic N) is 4. The van der Waals surface area contributed by atoms with Gasteiger partial charge in [0.05, 0.1) is 18.5 Å². The van der Waals surface area contributed by atoms with Crippen LogP contribution in [0.15, 0.2) is 47.0 Å². The van der Waals surface area contributed by atoms with E-state index in [4.69, 9.17) is 4.18 Å². The van der Waals surface area contributed by atoms with E-state index < -0.39 is 10.9 Å². The second-order valence-electron chi connectivity index (χ2n) is 7.16. The SMILES string of the molecule is CCNc1cccnc1N1CCN(C(=O)c2cc3cc(N=[SH](=O)OC)ccc3[nH]2)CC1. The summed E-state index contributed by atoms with van der Waals surface area (Å²) in [5, 5.41) is 4.18. The molecule has 1 aliphatic heterocycles. The summed E-state index contributed by atoms with van der Waals surface area (Å²) < 4.78 is 20.2. The van der Waals surface area contributed by atoms with Crippen LogP contribution in [0.1, 0.15) is 17.4 Å². The van der Waals surface area contributed by atoms with Gasteiger partial charge in [0.15, 0.2) is 16.7 Å². The molecule has 1 unspecified atom stereocenters. The number of rotatable bonds is 6. The second kappa shape index (κ2) is 9.36. The first-order valence-corrected chi connectivity index (χ1v) is 11.3. The Bertz CT molecular complexity index is 1160. The van der Waals surface area contributed by atoms with Gasteiger partial charge in [0, 0.05) is 49.8 Å². The molecule has 2 aromatic heterocycles. The van der Waals surface area contributed by atoms with Crippen LogP contribution in [0, 0.1) is 0 Å². The number of fused-ring (bicyclic) bond motifs is 1.